The Labute approximate surface area is 150 Å². The molecule has 1 amide bonds. The van der Waals surface area contributed by atoms with Crippen LogP contribution in [0, 0.1) is 11.7 Å². The van der Waals surface area contributed by atoms with Crippen LogP contribution in [0.15, 0.2) is 57.7 Å². The molecule has 1 aromatic heterocycles. The molecule has 0 saturated carbocycles. The van der Waals surface area contributed by atoms with Crippen LogP contribution in [0.5, 0.6) is 0 Å². The third-order valence-corrected chi connectivity index (χ3v) is 4.41. The molecule has 0 saturated heterocycles. The maximum absolute atomic E-state index is 13.7. The minimum atomic E-state index is -0.458. The molecule has 1 atom stereocenters. The molecule has 26 heavy (non-hydrogen) atoms. The molecule has 1 N–H and O–H groups in total. The summed E-state index contributed by atoms with van der Waals surface area (Å²) in [6, 6.07) is 13.1. The molecule has 6 heteroatoms. The fourth-order valence-electron chi connectivity index (χ4n) is 2.88. The molecule has 0 fully saturated rings. The van der Waals surface area contributed by atoms with Crippen molar-refractivity contribution in [3.05, 3.63) is 70.5 Å². The lowest BCUT2D eigenvalue weighted by molar-refractivity contribution is -0.121. The van der Waals surface area contributed by atoms with Crippen LogP contribution >= 0.6 is 0 Å². The number of para-hydroxylation sites is 2. The number of hydrogen-bond acceptors (Lipinski definition) is 3. The number of amides is 1. The molecule has 2 aromatic carbocycles. The zero-order valence-corrected chi connectivity index (χ0v) is 14.7. The normalized spacial score (nSPS) is 12.5. The van der Waals surface area contributed by atoms with E-state index in [1.54, 1.807) is 36.4 Å². The van der Waals surface area contributed by atoms with Gasteiger partial charge in [0.25, 0.3) is 0 Å². The molecule has 3 aromatic rings. The summed E-state index contributed by atoms with van der Waals surface area (Å²) in [5.74, 6) is -1.06. The van der Waals surface area contributed by atoms with Crippen LogP contribution in [-0.4, -0.2) is 16.5 Å². The highest BCUT2D eigenvalue weighted by molar-refractivity contribution is 5.79. The lowest BCUT2D eigenvalue weighted by Gasteiger charge is -2.22. The third-order valence-electron chi connectivity index (χ3n) is 4.41. The zero-order valence-electron chi connectivity index (χ0n) is 14.7. The van der Waals surface area contributed by atoms with Gasteiger partial charge in [-0.25, -0.2) is 9.18 Å². The summed E-state index contributed by atoms with van der Waals surface area (Å²) >= 11 is 0. The van der Waals surface area contributed by atoms with Gasteiger partial charge in [-0.1, -0.05) is 44.2 Å². The monoisotopic (exact) mass is 356 g/mol. The topological polar surface area (TPSA) is 64.2 Å². The zero-order chi connectivity index (χ0) is 18.7. The maximum Gasteiger partial charge on any atom is 0.420 e. The van der Waals surface area contributed by atoms with Crippen molar-refractivity contribution >= 4 is 17.0 Å². The number of oxazole rings is 1. The second-order valence-electron chi connectivity index (χ2n) is 6.63. The number of nitrogens with zero attached hydrogens (tertiary/aromatic N) is 1. The Morgan fingerprint density at radius 1 is 1.15 bits per heavy atom. The predicted molar refractivity (Wildman–Crippen MR) is 97.3 cm³/mol. The Kier molecular flexibility index (Phi) is 5.21. The van der Waals surface area contributed by atoms with E-state index in [2.05, 4.69) is 5.32 Å². The third kappa shape index (κ3) is 3.85. The molecule has 136 valence electrons. The number of carbonyl (C=O) groups is 1. The van der Waals surface area contributed by atoms with Crippen LogP contribution < -0.4 is 11.1 Å². The van der Waals surface area contributed by atoms with Crippen LogP contribution in [-0.2, 0) is 17.8 Å². The summed E-state index contributed by atoms with van der Waals surface area (Å²) in [4.78, 5) is 24.5. The number of benzene rings is 2. The molecule has 0 aliphatic heterocycles. The smallest absolute Gasteiger partial charge is 0.408 e. The van der Waals surface area contributed by atoms with Gasteiger partial charge < -0.3 is 9.73 Å². The van der Waals surface area contributed by atoms with Gasteiger partial charge in [-0.3, -0.25) is 9.36 Å². The number of carbonyl (C=O) groups excluding carboxylic acids is 1. The van der Waals surface area contributed by atoms with Crippen LogP contribution in [0.1, 0.15) is 19.4 Å². The molecular formula is C20H21FN2O3. The molecule has 0 aliphatic carbocycles. The van der Waals surface area contributed by atoms with Crippen molar-refractivity contribution in [2.24, 2.45) is 5.92 Å². The van der Waals surface area contributed by atoms with Crippen molar-refractivity contribution in [2.75, 3.05) is 0 Å². The predicted octanol–water partition coefficient (Wildman–Crippen LogP) is 3.12. The Morgan fingerprint density at radius 3 is 2.58 bits per heavy atom. The van der Waals surface area contributed by atoms with Crippen molar-refractivity contribution < 1.29 is 13.6 Å². The summed E-state index contributed by atoms with van der Waals surface area (Å²) in [5, 5.41) is 2.92. The van der Waals surface area contributed by atoms with E-state index in [1.807, 2.05) is 19.9 Å². The molecule has 5 nitrogen and oxygen atoms in total. The van der Waals surface area contributed by atoms with Gasteiger partial charge >= 0.3 is 5.76 Å². The Balaban J connectivity index is 1.77. The molecule has 0 radical (unpaired) electrons. The highest BCUT2D eigenvalue weighted by Gasteiger charge is 2.20. The molecule has 0 bridgehead atoms. The molecule has 0 aliphatic rings. The minimum absolute atomic E-state index is 0.0447. The Hall–Kier alpha value is -2.89. The number of halogens is 1. The van der Waals surface area contributed by atoms with Gasteiger partial charge in [0, 0.05) is 12.6 Å². The maximum atomic E-state index is 13.7. The molecule has 0 spiro atoms. The first-order valence-corrected chi connectivity index (χ1v) is 8.57. The van der Waals surface area contributed by atoms with Gasteiger partial charge in [-0.2, -0.15) is 0 Å². The van der Waals surface area contributed by atoms with Crippen molar-refractivity contribution in [1.82, 2.24) is 9.88 Å². The van der Waals surface area contributed by atoms with Gasteiger partial charge in [0.2, 0.25) is 5.91 Å². The number of hydrogen-bond donors (Lipinski definition) is 1. The van der Waals surface area contributed by atoms with Crippen molar-refractivity contribution in [2.45, 2.75) is 32.9 Å². The van der Waals surface area contributed by atoms with E-state index in [1.165, 1.54) is 10.6 Å². The molecular weight excluding hydrogens is 335 g/mol. The lowest BCUT2D eigenvalue weighted by Crippen LogP contribution is -2.43. The van der Waals surface area contributed by atoms with E-state index in [-0.39, 0.29) is 30.8 Å². The van der Waals surface area contributed by atoms with Crippen LogP contribution in [0.25, 0.3) is 11.1 Å². The minimum Gasteiger partial charge on any atom is -0.408 e. The summed E-state index contributed by atoms with van der Waals surface area (Å²) in [7, 11) is 0. The largest absolute Gasteiger partial charge is 0.420 e. The first-order valence-electron chi connectivity index (χ1n) is 8.57. The van der Waals surface area contributed by atoms with E-state index in [0.29, 0.717) is 16.7 Å². The van der Waals surface area contributed by atoms with Crippen molar-refractivity contribution in [3.8, 4) is 0 Å². The first kappa shape index (κ1) is 17.9. The fourth-order valence-corrected chi connectivity index (χ4v) is 2.88. The molecule has 0 unspecified atom stereocenters. The van der Waals surface area contributed by atoms with Gasteiger partial charge in [0.15, 0.2) is 5.58 Å². The van der Waals surface area contributed by atoms with Crippen LogP contribution in [0.4, 0.5) is 4.39 Å². The van der Waals surface area contributed by atoms with Gasteiger partial charge in [-0.15, -0.1) is 0 Å². The first-order chi connectivity index (χ1) is 12.5. The van der Waals surface area contributed by atoms with E-state index in [0.717, 1.165) is 0 Å². The highest BCUT2D eigenvalue weighted by Crippen LogP contribution is 2.14. The van der Waals surface area contributed by atoms with E-state index >= 15 is 0 Å². The average Bonchev–Trinajstić information content (AvgIpc) is 2.92. The quantitative estimate of drug-likeness (QED) is 0.738. The van der Waals surface area contributed by atoms with Gasteiger partial charge in [-0.05, 0) is 29.7 Å². The van der Waals surface area contributed by atoms with Crippen molar-refractivity contribution in [1.29, 1.82) is 0 Å². The van der Waals surface area contributed by atoms with Gasteiger partial charge in [0.1, 0.15) is 5.82 Å². The van der Waals surface area contributed by atoms with Crippen LogP contribution in [0.3, 0.4) is 0 Å². The Morgan fingerprint density at radius 2 is 1.85 bits per heavy atom. The second kappa shape index (κ2) is 7.56. The SMILES string of the molecule is CC(C)[C@@H](Cn1c(=O)oc2ccccc21)NC(=O)Cc1ccccc1F. The summed E-state index contributed by atoms with van der Waals surface area (Å²) < 4.78 is 20.5. The van der Waals surface area contributed by atoms with E-state index in [9.17, 15) is 14.0 Å². The average molecular weight is 356 g/mol. The summed E-state index contributed by atoms with van der Waals surface area (Å²) in [6.45, 7) is 4.21. The molecule has 1 heterocycles. The van der Waals surface area contributed by atoms with Gasteiger partial charge in [0.05, 0.1) is 11.9 Å². The number of nitrogens with one attached hydrogen (secondary N) is 1. The fraction of sp³-hybridized carbons (Fsp3) is 0.300. The summed E-state index contributed by atoms with van der Waals surface area (Å²) in [5.41, 5.74) is 1.54. The summed E-state index contributed by atoms with van der Waals surface area (Å²) in [6.07, 6.45) is -0.0447. The van der Waals surface area contributed by atoms with E-state index in [4.69, 9.17) is 4.42 Å². The Bertz CT molecular complexity index is 974. The standard InChI is InChI=1S/C20H21FN2O3/c1-13(2)16(22-19(24)11-14-7-3-4-8-15(14)21)12-23-17-9-5-6-10-18(17)26-20(23)25/h3-10,13,16H,11-12H2,1-2H3,(H,22,24)/t16-/m1/s1. The second-order valence-corrected chi connectivity index (χ2v) is 6.63. The lowest BCUT2D eigenvalue weighted by atomic mass is 10.0. The van der Waals surface area contributed by atoms with Crippen molar-refractivity contribution in [3.63, 3.8) is 0 Å². The van der Waals surface area contributed by atoms with Crippen LogP contribution in [0.2, 0.25) is 0 Å². The van der Waals surface area contributed by atoms with E-state index < -0.39 is 11.6 Å². The number of fused-ring (bicyclic) bond motifs is 1. The molecule has 3 rings (SSSR count). The highest BCUT2D eigenvalue weighted by atomic mass is 19.1. The number of rotatable bonds is 6. The number of aromatic nitrogens is 1.